The van der Waals surface area contributed by atoms with Gasteiger partial charge in [0.25, 0.3) is 5.91 Å². The summed E-state index contributed by atoms with van der Waals surface area (Å²) < 4.78 is 67.2. The van der Waals surface area contributed by atoms with Crippen LogP contribution < -0.4 is 15.4 Å². The highest BCUT2D eigenvalue weighted by Gasteiger charge is 2.61. The van der Waals surface area contributed by atoms with E-state index in [1.165, 1.54) is 31.2 Å². The molecule has 11 heteroatoms. The summed E-state index contributed by atoms with van der Waals surface area (Å²) in [4.78, 5) is 28.7. The molecule has 1 atom stereocenters. The zero-order valence-electron chi connectivity index (χ0n) is 17.7. The number of anilines is 1. The molecule has 0 fully saturated rings. The minimum atomic E-state index is -5.87. The summed E-state index contributed by atoms with van der Waals surface area (Å²) in [6.07, 6.45) is -11.2. The second kappa shape index (κ2) is 9.49. The molecule has 2 aromatic rings. The number of benzene rings is 1. The predicted octanol–water partition coefficient (Wildman–Crippen LogP) is 5.01. The molecule has 0 spiro atoms. The number of carbonyl (C=O) groups is 2. The first-order valence-electron chi connectivity index (χ1n) is 9.53. The maximum absolute atomic E-state index is 13.1. The van der Waals surface area contributed by atoms with E-state index in [0.717, 1.165) is 12.1 Å². The molecule has 1 unspecified atom stereocenters. The van der Waals surface area contributed by atoms with E-state index in [1.807, 2.05) is 0 Å². The first-order valence-corrected chi connectivity index (χ1v) is 9.53. The third kappa shape index (κ3) is 6.38. The van der Waals surface area contributed by atoms with Crippen LogP contribution in [0.15, 0.2) is 36.4 Å². The number of aromatic nitrogens is 1. The highest BCUT2D eigenvalue weighted by Crippen LogP contribution is 2.37. The fourth-order valence-corrected chi connectivity index (χ4v) is 2.55. The standard InChI is InChI=1S/C21H22F5N3O3/c1-11(2)18(30)29-17-10-15(8-12(3)27-17)19(31)28-13(4)14-6-5-7-16(9-14)32-21(25,26)20(22,23)24/h5-11,13H,1-4H3,(H,28,31)(H,27,29,30). The Balaban J connectivity index is 2.16. The molecule has 6 nitrogen and oxygen atoms in total. The van der Waals surface area contributed by atoms with Crippen molar-refractivity contribution in [2.24, 2.45) is 5.92 Å². The van der Waals surface area contributed by atoms with Crippen LogP contribution in [0.4, 0.5) is 27.8 Å². The van der Waals surface area contributed by atoms with Crippen molar-refractivity contribution in [2.75, 3.05) is 5.32 Å². The Morgan fingerprint density at radius 2 is 1.69 bits per heavy atom. The van der Waals surface area contributed by atoms with Crippen LogP contribution >= 0.6 is 0 Å². The lowest BCUT2D eigenvalue weighted by Gasteiger charge is -2.21. The van der Waals surface area contributed by atoms with Gasteiger partial charge in [0.15, 0.2) is 0 Å². The third-order valence-corrected chi connectivity index (χ3v) is 4.27. The largest absolute Gasteiger partial charge is 0.499 e. The fourth-order valence-electron chi connectivity index (χ4n) is 2.55. The Labute approximate surface area is 181 Å². The number of rotatable bonds is 7. The molecule has 1 aromatic heterocycles. The van der Waals surface area contributed by atoms with Crippen molar-refractivity contribution in [3.8, 4) is 5.75 Å². The van der Waals surface area contributed by atoms with E-state index in [0.29, 0.717) is 5.69 Å². The lowest BCUT2D eigenvalue weighted by Crippen LogP contribution is -2.41. The minimum Gasteiger partial charge on any atom is -0.426 e. The van der Waals surface area contributed by atoms with Crippen molar-refractivity contribution >= 4 is 17.6 Å². The molecule has 0 aliphatic rings. The number of aryl methyl sites for hydroxylation is 1. The van der Waals surface area contributed by atoms with Crippen LogP contribution in [0.3, 0.4) is 0 Å². The van der Waals surface area contributed by atoms with Crippen LogP contribution in [-0.2, 0) is 4.79 Å². The van der Waals surface area contributed by atoms with Gasteiger partial charge in [0, 0.05) is 17.2 Å². The van der Waals surface area contributed by atoms with E-state index in [9.17, 15) is 31.5 Å². The van der Waals surface area contributed by atoms with Crippen LogP contribution in [0.1, 0.15) is 48.4 Å². The van der Waals surface area contributed by atoms with Gasteiger partial charge in [-0.1, -0.05) is 26.0 Å². The van der Waals surface area contributed by atoms with E-state index in [-0.39, 0.29) is 28.8 Å². The normalized spacial score (nSPS) is 12.9. The molecule has 2 N–H and O–H groups in total. The summed E-state index contributed by atoms with van der Waals surface area (Å²) in [5.41, 5.74) is 0.890. The maximum atomic E-state index is 13.1. The zero-order chi connectivity index (χ0) is 24.3. The number of amides is 2. The Hall–Kier alpha value is -3.24. The van der Waals surface area contributed by atoms with Gasteiger partial charge in [-0.2, -0.15) is 22.0 Å². The van der Waals surface area contributed by atoms with Gasteiger partial charge in [-0.25, -0.2) is 4.98 Å². The van der Waals surface area contributed by atoms with Crippen LogP contribution in [0.5, 0.6) is 5.75 Å². The Bertz CT molecular complexity index is 993. The number of halogens is 5. The van der Waals surface area contributed by atoms with Crippen molar-refractivity contribution in [2.45, 2.75) is 46.0 Å². The van der Waals surface area contributed by atoms with Crippen molar-refractivity contribution in [3.63, 3.8) is 0 Å². The molecule has 2 rings (SSSR count). The quantitative estimate of drug-likeness (QED) is 0.571. The molecule has 1 aromatic carbocycles. The second-order valence-electron chi connectivity index (χ2n) is 7.41. The highest BCUT2D eigenvalue weighted by molar-refractivity contribution is 5.97. The van der Waals surface area contributed by atoms with E-state index < -0.39 is 30.0 Å². The Morgan fingerprint density at radius 3 is 2.28 bits per heavy atom. The van der Waals surface area contributed by atoms with E-state index in [1.54, 1.807) is 20.8 Å². The molecule has 1 heterocycles. The molecule has 0 aliphatic heterocycles. The number of ether oxygens (including phenoxy) is 1. The van der Waals surface area contributed by atoms with Crippen molar-refractivity contribution in [1.82, 2.24) is 10.3 Å². The molecule has 174 valence electrons. The molecule has 32 heavy (non-hydrogen) atoms. The zero-order valence-corrected chi connectivity index (χ0v) is 17.7. The van der Waals surface area contributed by atoms with Crippen molar-refractivity contribution < 1.29 is 36.3 Å². The molecule has 0 radical (unpaired) electrons. The maximum Gasteiger partial charge on any atom is 0.499 e. The number of hydrogen-bond acceptors (Lipinski definition) is 4. The molecule has 0 bridgehead atoms. The number of alkyl halides is 5. The monoisotopic (exact) mass is 459 g/mol. The van der Waals surface area contributed by atoms with Gasteiger partial charge in [-0.3, -0.25) is 9.59 Å². The van der Waals surface area contributed by atoms with Gasteiger partial charge in [-0.05, 0) is 43.7 Å². The lowest BCUT2D eigenvalue weighted by atomic mass is 10.1. The Morgan fingerprint density at radius 1 is 1.03 bits per heavy atom. The summed E-state index contributed by atoms with van der Waals surface area (Å²) in [5, 5.41) is 5.21. The summed E-state index contributed by atoms with van der Waals surface area (Å²) in [5.74, 6) is -1.66. The second-order valence-corrected chi connectivity index (χ2v) is 7.41. The summed E-state index contributed by atoms with van der Waals surface area (Å²) >= 11 is 0. The molecular weight excluding hydrogens is 437 g/mol. The van der Waals surface area contributed by atoms with Crippen LogP contribution in [0.25, 0.3) is 0 Å². The number of nitrogens with one attached hydrogen (secondary N) is 2. The molecular formula is C21H22F5N3O3. The van der Waals surface area contributed by atoms with Gasteiger partial charge in [0.2, 0.25) is 5.91 Å². The van der Waals surface area contributed by atoms with Crippen molar-refractivity contribution in [1.29, 1.82) is 0 Å². The molecule has 0 saturated carbocycles. The van der Waals surface area contributed by atoms with Gasteiger partial charge in [-0.15, -0.1) is 0 Å². The van der Waals surface area contributed by atoms with Gasteiger partial charge in [0.1, 0.15) is 11.6 Å². The first kappa shape index (κ1) is 25.0. The average Bonchev–Trinajstić information content (AvgIpc) is 2.66. The number of hydrogen-bond donors (Lipinski definition) is 2. The summed E-state index contributed by atoms with van der Waals surface area (Å²) in [6, 6.07) is 6.71. The van der Waals surface area contributed by atoms with Crippen LogP contribution in [0, 0.1) is 12.8 Å². The van der Waals surface area contributed by atoms with E-state index in [2.05, 4.69) is 20.4 Å². The molecule has 0 saturated heterocycles. The van der Waals surface area contributed by atoms with Gasteiger partial charge >= 0.3 is 12.3 Å². The van der Waals surface area contributed by atoms with Crippen molar-refractivity contribution in [3.05, 3.63) is 53.2 Å². The number of pyridine rings is 1. The topological polar surface area (TPSA) is 80.3 Å². The first-order chi connectivity index (χ1) is 14.7. The number of nitrogens with zero attached hydrogens (tertiary/aromatic N) is 1. The van der Waals surface area contributed by atoms with Gasteiger partial charge in [0.05, 0.1) is 6.04 Å². The summed E-state index contributed by atoms with van der Waals surface area (Å²) in [7, 11) is 0. The molecule has 0 aliphatic carbocycles. The highest BCUT2D eigenvalue weighted by atomic mass is 19.4. The predicted molar refractivity (Wildman–Crippen MR) is 106 cm³/mol. The van der Waals surface area contributed by atoms with Crippen LogP contribution in [0.2, 0.25) is 0 Å². The van der Waals surface area contributed by atoms with Crippen LogP contribution in [-0.4, -0.2) is 29.1 Å². The fraction of sp³-hybridized carbons (Fsp3) is 0.381. The Kier molecular flexibility index (Phi) is 7.42. The van der Waals surface area contributed by atoms with E-state index >= 15 is 0 Å². The SMILES string of the molecule is Cc1cc(C(=O)NC(C)c2cccc(OC(F)(F)C(F)(F)F)c2)cc(NC(=O)C(C)C)n1. The average molecular weight is 459 g/mol. The third-order valence-electron chi connectivity index (χ3n) is 4.27. The smallest absolute Gasteiger partial charge is 0.426 e. The minimum absolute atomic E-state index is 0.180. The molecule has 2 amide bonds. The van der Waals surface area contributed by atoms with E-state index in [4.69, 9.17) is 0 Å². The summed E-state index contributed by atoms with van der Waals surface area (Å²) in [6.45, 7) is 6.55. The number of carbonyl (C=O) groups excluding carboxylic acids is 2. The lowest BCUT2D eigenvalue weighted by molar-refractivity contribution is -0.360. The van der Waals surface area contributed by atoms with Gasteiger partial charge < -0.3 is 15.4 Å².